The highest BCUT2D eigenvalue weighted by molar-refractivity contribution is 7.17. The topological polar surface area (TPSA) is 72.2 Å². The van der Waals surface area contributed by atoms with Crippen molar-refractivity contribution in [1.29, 1.82) is 0 Å². The molecule has 1 aromatic rings. The van der Waals surface area contributed by atoms with Crippen LogP contribution in [-0.2, 0) is 0 Å². The molecular weight excluding hydrogens is 240 g/mol. The van der Waals surface area contributed by atoms with E-state index in [1.165, 1.54) is 12.1 Å². The zero-order valence-electron chi connectivity index (χ0n) is 9.93. The largest absolute Gasteiger partial charge is 0.351 e. The molecule has 6 heteroatoms. The standard InChI is InChI=1S/C11H16N2O3S/c1-8(2)4-3-7-12-11(14)9-5-6-10(17-9)13(15)16/h5-6,8H,3-4,7H2,1-2H3,(H,12,14). The van der Waals surface area contributed by atoms with Crippen LogP contribution in [0.2, 0.25) is 0 Å². The predicted molar refractivity (Wildman–Crippen MR) is 67.4 cm³/mol. The molecule has 0 aromatic carbocycles. The van der Waals surface area contributed by atoms with Gasteiger partial charge in [0.1, 0.15) is 0 Å². The maximum atomic E-state index is 11.6. The van der Waals surface area contributed by atoms with E-state index in [1.54, 1.807) is 0 Å². The second-order valence-electron chi connectivity index (χ2n) is 4.19. The van der Waals surface area contributed by atoms with Crippen LogP contribution in [0.15, 0.2) is 12.1 Å². The molecule has 0 radical (unpaired) electrons. The molecular formula is C11H16N2O3S. The molecule has 0 unspecified atom stereocenters. The molecule has 1 amide bonds. The quantitative estimate of drug-likeness (QED) is 0.483. The molecule has 0 atom stereocenters. The van der Waals surface area contributed by atoms with Gasteiger partial charge in [0.2, 0.25) is 0 Å². The van der Waals surface area contributed by atoms with Crippen molar-refractivity contribution in [2.45, 2.75) is 26.7 Å². The number of rotatable bonds is 6. The number of thiophene rings is 1. The van der Waals surface area contributed by atoms with Gasteiger partial charge in [-0.3, -0.25) is 14.9 Å². The minimum absolute atomic E-state index is 0.00247. The van der Waals surface area contributed by atoms with Crippen LogP contribution >= 0.6 is 11.3 Å². The first kappa shape index (κ1) is 13.6. The van der Waals surface area contributed by atoms with Crippen molar-refractivity contribution < 1.29 is 9.72 Å². The Labute approximate surface area is 104 Å². The van der Waals surface area contributed by atoms with E-state index in [9.17, 15) is 14.9 Å². The Morgan fingerprint density at radius 1 is 1.53 bits per heavy atom. The number of nitrogens with one attached hydrogen (secondary N) is 1. The molecule has 1 N–H and O–H groups in total. The fourth-order valence-electron chi connectivity index (χ4n) is 1.35. The Kier molecular flexibility index (Phi) is 5.09. The zero-order chi connectivity index (χ0) is 12.8. The second-order valence-corrected chi connectivity index (χ2v) is 5.25. The molecule has 0 fully saturated rings. The van der Waals surface area contributed by atoms with Crippen molar-refractivity contribution >= 4 is 22.2 Å². The molecule has 0 bridgehead atoms. The summed E-state index contributed by atoms with van der Waals surface area (Å²) in [5, 5.41) is 13.2. The first-order chi connectivity index (χ1) is 8.00. The highest BCUT2D eigenvalue weighted by Gasteiger charge is 2.14. The summed E-state index contributed by atoms with van der Waals surface area (Å²) in [5.41, 5.74) is 0. The van der Waals surface area contributed by atoms with Gasteiger partial charge in [0.05, 0.1) is 9.80 Å². The average molecular weight is 256 g/mol. The summed E-state index contributed by atoms with van der Waals surface area (Å²) >= 11 is 0.902. The normalized spacial score (nSPS) is 10.5. The minimum Gasteiger partial charge on any atom is -0.351 e. The molecule has 1 rings (SSSR count). The van der Waals surface area contributed by atoms with E-state index in [-0.39, 0.29) is 10.9 Å². The molecule has 5 nitrogen and oxygen atoms in total. The number of nitro groups is 1. The van der Waals surface area contributed by atoms with Gasteiger partial charge in [-0.1, -0.05) is 25.2 Å². The maximum Gasteiger partial charge on any atom is 0.324 e. The van der Waals surface area contributed by atoms with Crippen molar-refractivity contribution in [3.05, 3.63) is 27.1 Å². The highest BCUT2D eigenvalue weighted by atomic mass is 32.1. The van der Waals surface area contributed by atoms with Crippen molar-refractivity contribution in [2.75, 3.05) is 6.54 Å². The van der Waals surface area contributed by atoms with E-state index in [0.29, 0.717) is 17.3 Å². The van der Waals surface area contributed by atoms with Crippen LogP contribution in [0.5, 0.6) is 0 Å². The van der Waals surface area contributed by atoms with Crippen molar-refractivity contribution in [2.24, 2.45) is 5.92 Å². The van der Waals surface area contributed by atoms with E-state index in [0.717, 1.165) is 24.2 Å². The van der Waals surface area contributed by atoms with Crippen LogP contribution in [0, 0.1) is 16.0 Å². The molecule has 0 aliphatic heterocycles. The lowest BCUT2D eigenvalue weighted by atomic mass is 10.1. The summed E-state index contributed by atoms with van der Waals surface area (Å²) in [4.78, 5) is 22.0. The number of carbonyl (C=O) groups excluding carboxylic acids is 1. The van der Waals surface area contributed by atoms with Crippen LogP contribution in [0.3, 0.4) is 0 Å². The van der Waals surface area contributed by atoms with Crippen LogP contribution in [0.4, 0.5) is 5.00 Å². The minimum atomic E-state index is -0.486. The lowest BCUT2D eigenvalue weighted by Crippen LogP contribution is -2.23. The SMILES string of the molecule is CC(C)CCCNC(=O)c1ccc([N+](=O)[O-])s1. The fourth-order valence-corrected chi connectivity index (χ4v) is 2.08. The Balaban J connectivity index is 2.39. The monoisotopic (exact) mass is 256 g/mol. The van der Waals surface area contributed by atoms with Crippen LogP contribution in [0.1, 0.15) is 36.4 Å². The third-order valence-corrected chi connectivity index (χ3v) is 3.28. The van der Waals surface area contributed by atoms with Crippen LogP contribution in [-0.4, -0.2) is 17.4 Å². The smallest absolute Gasteiger partial charge is 0.324 e. The maximum absolute atomic E-state index is 11.6. The first-order valence-corrected chi connectivity index (χ1v) is 6.34. The average Bonchev–Trinajstić information content (AvgIpc) is 2.73. The van der Waals surface area contributed by atoms with E-state index < -0.39 is 4.92 Å². The summed E-state index contributed by atoms with van der Waals surface area (Å²) in [6, 6.07) is 2.84. The highest BCUT2D eigenvalue weighted by Crippen LogP contribution is 2.23. The fraction of sp³-hybridized carbons (Fsp3) is 0.545. The molecule has 0 saturated carbocycles. The summed E-state index contributed by atoms with van der Waals surface area (Å²) in [5.74, 6) is 0.390. The zero-order valence-corrected chi connectivity index (χ0v) is 10.8. The lowest BCUT2D eigenvalue weighted by Gasteiger charge is -2.05. The number of hydrogen-bond acceptors (Lipinski definition) is 4. The number of hydrogen-bond donors (Lipinski definition) is 1. The van der Waals surface area contributed by atoms with Crippen molar-refractivity contribution in [1.82, 2.24) is 5.32 Å². The molecule has 0 spiro atoms. The second kappa shape index (κ2) is 6.34. The molecule has 0 aliphatic carbocycles. The van der Waals surface area contributed by atoms with E-state index in [4.69, 9.17) is 0 Å². The van der Waals surface area contributed by atoms with Gasteiger partial charge in [0.15, 0.2) is 0 Å². The molecule has 94 valence electrons. The van der Waals surface area contributed by atoms with Gasteiger partial charge < -0.3 is 5.32 Å². The Bertz CT molecular complexity index is 401. The third-order valence-electron chi connectivity index (χ3n) is 2.24. The summed E-state index contributed by atoms with van der Waals surface area (Å²) < 4.78 is 0. The lowest BCUT2D eigenvalue weighted by molar-refractivity contribution is -0.380. The van der Waals surface area contributed by atoms with Gasteiger partial charge in [-0.25, -0.2) is 0 Å². The van der Waals surface area contributed by atoms with Crippen molar-refractivity contribution in [3.8, 4) is 0 Å². The van der Waals surface area contributed by atoms with E-state index in [2.05, 4.69) is 19.2 Å². The summed E-state index contributed by atoms with van der Waals surface area (Å²) in [7, 11) is 0. The van der Waals surface area contributed by atoms with Crippen molar-refractivity contribution in [3.63, 3.8) is 0 Å². The van der Waals surface area contributed by atoms with E-state index in [1.807, 2.05) is 0 Å². The number of amides is 1. The van der Waals surface area contributed by atoms with Gasteiger partial charge in [-0.15, -0.1) is 0 Å². The Morgan fingerprint density at radius 3 is 2.76 bits per heavy atom. The van der Waals surface area contributed by atoms with Crippen LogP contribution < -0.4 is 5.32 Å². The molecule has 17 heavy (non-hydrogen) atoms. The van der Waals surface area contributed by atoms with E-state index >= 15 is 0 Å². The molecule has 1 heterocycles. The van der Waals surface area contributed by atoms with Gasteiger partial charge in [0.25, 0.3) is 5.91 Å². The van der Waals surface area contributed by atoms with Gasteiger partial charge >= 0.3 is 5.00 Å². The molecule has 1 aromatic heterocycles. The first-order valence-electron chi connectivity index (χ1n) is 5.53. The summed E-state index contributed by atoms with van der Waals surface area (Å²) in [6.07, 6.45) is 1.99. The Hall–Kier alpha value is -1.43. The van der Waals surface area contributed by atoms with Crippen LogP contribution in [0.25, 0.3) is 0 Å². The molecule has 0 aliphatic rings. The van der Waals surface area contributed by atoms with Gasteiger partial charge in [-0.05, 0) is 24.8 Å². The molecule has 0 saturated heterocycles. The van der Waals surface area contributed by atoms with Gasteiger partial charge in [-0.2, -0.15) is 0 Å². The predicted octanol–water partition coefficient (Wildman–Crippen LogP) is 2.82. The third kappa shape index (κ3) is 4.52. The Morgan fingerprint density at radius 2 is 2.24 bits per heavy atom. The van der Waals surface area contributed by atoms with Gasteiger partial charge in [0, 0.05) is 12.6 Å². The number of carbonyl (C=O) groups is 1. The summed E-state index contributed by atoms with van der Waals surface area (Å²) in [6.45, 7) is 4.87. The number of nitrogens with zero attached hydrogens (tertiary/aromatic N) is 1.